The average molecular weight is 692 g/mol. The first-order valence-electron chi connectivity index (χ1n) is 18.0. The topological polar surface area (TPSA) is 65.0 Å². The molecule has 0 bridgehead atoms. The van der Waals surface area contributed by atoms with E-state index in [1.165, 1.54) is 0 Å². The van der Waals surface area contributed by atoms with Crippen molar-refractivity contribution in [1.82, 2.24) is 15.0 Å². The van der Waals surface area contributed by atoms with E-state index in [9.17, 15) is 0 Å². The Hall–Kier alpha value is -7.37. The lowest BCUT2D eigenvalue weighted by atomic mass is 9.92. The molecule has 0 fully saturated rings. The van der Waals surface area contributed by atoms with E-state index >= 15 is 0 Å². The molecule has 54 heavy (non-hydrogen) atoms. The molecule has 0 aliphatic carbocycles. The molecule has 3 heterocycles. The summed E-state index contributed by atoms with van der Waals surface area (Å²) in [6, 6.07) is 60.4. The molecule has 0 saturated carbocycles. The van der Waals surface area contributed by atoms with Gasteiger partial charge < -0.3 is 8.83 Å². The lowest BCUT2D eigenvalue weighted by molar-refractivity contribution is 0.669. The highest BCUT2D eigenvalue weighted by molar-refractivity contribution is 6.18. The Morgan fingerprint density at radius 2 is 0.870 bits per heavy atom. The summed E-state index contributed by atoms with van der Waals surface area (Å²) in [6.07, 6.45) is 0. The third-order valence-electron chi connectivity index (χ3n) is 10.4. The highest BCUT2D eigenvalue weighted by atomic mass is 16.3. The summed E-state index contributed by atoms with van der Waals surface area (Å²) in [6.45, 7) is 0. The van der Waals surface area contributed by atoms with Crippen LogP contribution in [0.15, 0.2) is 185 Å². The predicted molar refractivity (Wildman–Crippen MR) is 219 cm³/mol. The monoisotopic (exact) mass is 691 g/mol. The second-order valence-corrected chi connectivity index (χ2v) is 13.5. The smallest absolute Gasteiger partial charge is 0.164 e. The van der Waals surface area contributed by atoms with Crippen molar-refractivity contribution in [3.05, 3.63) is 176 Å². The molecule has 0 atom stereocenters. The maximum Gasteiger partial charge on any atom is 0.164 e. The summed E-state index contributed by atoms with van der Waals surface area (Å²) in [5, 5.41) is 6.43. The standard InChI is InChI=1S/C49H29N3O2/c1-3-13-30(14-4-1)33-20-11-22-40-45-38(21-12-24-44(45)54-46(33)40)36-26-27-39(35-18-8-7-17-34(35)36)49-51-47(31-15-5-2-6-16-31)50-48(52-49)32-25-28-43-41(29-32)37-19-9-10-23-42(37)53-43/h1-29H. The lowest BCUT2D eigenvalue weighted by Gasteiger charge is -2.14. The van der Waals surface area contributed by atoms with Gasteiger partial charge >= 0.3 is 0 Å². The molecule has 8 aromatic carbocycles. The fraction of sp³-hybridized carbons (Fsp3) is 0. The minimum atomic E-state index is 0.600. The van der Waals surface area contributed by atoms with Gasteiger partial charge in [-0.2, -0.15) is 0 Å². The second kappa shape index (κ2) is 12.1. The van der Waals surface area contributed by atoms with E-state index in [4.69, 9.17) is 23.8 Å². The second-order valence-electron chi connectivity index (χ2n) is 13.5. The third-order valence-corrected chi connectivity index (χ3v) is 10.4. The molecule has 5 heteroatoms. The summed E-state index contributed by atoms with van der Waals surface area (Å²) in [5.41, 5.74) is 10.6. The number of benzene rings is 8. The van der Waals surface area contributed by atoms with E-state index in [1.54, 1.807) is 0 Å². The Morgan fingerprint density at radius 1 is 0.296 bits per heavy atom. The zero-order chi connectivity index (χ0) is 35.6. The van der Waals surface area contributed by atoms with E-state index in [2.05, 4.69) is 109 Å². The zero-order valence-corrected chi connectivity index (χ0v) is 28.9. The minimum Gasteiger partial charge on any atom is -0.456 e. The largest absolute Gasteiger partial charge is 0.456 e. The fourth-order valence-electron chi connectivity index (χ4n) is 7.85. The first kappa shape index (κ1) is 30.3. The van der Waals surface area contributed by atoms with E-state index in [0.717, 1.165) is 93.6 Å². The number of hydrogen-bond donors (Lipinski definition) is 0. The molecule has 5 nitrogen and oxygen atoms in total. The van der Waals surface area contributed by atoms with Gasteiger partial charge in [-0.15, -0.1) is 0 Å². The molecule has 0 spiro atoms. The van der Waals surface area contributed by atoms with E-state index in [1.807, 2.05) is 66.7 Å². The van der Waals surface area contributed by atoms with Crippen molar-refractivity contribution < 1.29 is 8.83 Å². The fourth-order valence-corrected chi connectivity index (χ4v) is 7.85. The number of para-hydroxylation sites is 2. The zero-order valence-electron chi connectivity index (χ0n) is 28.9. The van der Waals surface area contributed by atoms with Gasteiger partial charge in [-0.05, 0) is 63.9 Å². The summed E-state index contributed by atoms with van der Waals surface area (Å²) < 4.78 is 12.8. The molecule has 0 radical (unpaired) electrons. The Balaban J connectivity index is 1.11. The van der Waals surface area contributed by atoms with Gasteiger partial charge in [-0.1, -0.05) is 140 Å². The number of nitrogens with zero attached hydrogens (tertiary/aromatic N) is 3. The van der Waals surface area contributed by atoms with Crippen molar-refractivity contribution in [1.29, 1.82) is 0 Å². The normalized spacial score (nSPS) is 11.7. The van der Waals surface area contributed by atoms with Crippen LogP contribution in [0, 0.1) is 0 Å². The van der Waals surface area contributed by atoms with Gasteiger partial charge in [-0.3, -0.25) is 0 Å². The Labute approximate surface area is 309 Å². The van der Waals surface area contributed by atoms with Gasteiger partial charge in [0.15, 0.2) is 17.5 Å². The predicted octanol–water partition coefficient (Wildman–Crippen LogP) is 13.2. The quantitative estimate of drug-likeness (QED) is 0.180. The average Bonchev–Trinajstić information content (AvgIpc) is 3.82. The van der Waals surface area contributed by atoms with Crippen LogP contribution in [0.25, 0.3) is 111 Å². The maximum absolute atomic E-state index is 6.63. The Kier molecular flexibility index (Phi) is 6.79. The minimum absolute atomic E-state index is 0.600. The van der Waals surface area contributed by atoms with E-state index in [-0.39, 0.29) is 0 Å². The molecule has 0 N–H and O–H groups in total. The number of rotatable bonds is 5. The highest BCUT2D eigenvalue weighted by Crippen LogP contribution is 2.43. The molecule has 0 amide bonds. The number of hydrogen-bond acceptors (Lipinski definition) is 5. The van der Waals surface area contributed by atoms with Crippen molar-refractivity contribution in [2.75, 3.05) is 0 Å². The molecule has 0 aliphatic heterocycles. The van der Waals surface area contributed by atoms with Crippen LogP contribution in [-0.2, 0) is 0 Å². The van der Waals surface area contributed by atoms with Gasteiger partial charge in [0.2, 0.25) is 0 Å². The number of furan rings is 2. The van der Waals surface area contributed by atoms with Crippen LogP contribution in [0.2, 0.25) is 0 Å². The molecule has 0 aliphatic rings. The Morgan fingerprint density at radius 3 is 1.69 bits per heavy atom. The van der Waals surface area contributed by atoms with Crippen LogP contribution in [0.4, 0.5) is 0 Å². The maximum atomic E-state index is 6.63. The van der Waals surface area contributed by atoms with Gasteiger partial charge in [0.05, 0.1) is 0 Å². The van der Waals surface area contributed by atoms with Gasteiger partial charge in [0, 0.05) is 43.8 Å². The van der Waals surface area contributed by atoms with E-state index < -0.39 is 0 Å². The number of fused-ring (bicyclic) bond motifs is 7. The van der Waals surface area contributed by atoms with Gasteiger partial charge in [-0.25, -0.2) is 15.0 Å². The van der Waals surface area contributed by atoms with Gasteiger partial charge in [0.1, 0.15) is 22.3 Å². The molecule has 3 aromatic heterocycles. The van der Waals surface area contributed by atoms with Crippen molar-refractivity contribution in [3.63, 3.8) is 0 Å². The van der Waals surface area contributed by atoms with E-state index in [0.29, 0.717) is 17.5 Å². The Bertz CT molecular complexity index is 3220. The van der Waals surface area contributed by atoms with Gasteiger partial charge in [0.25, 0.3) is 0 Å². The molecule has 11 aromatic rings. The SMILES string of the molecule is c1ccc(-c2nc(-c3ccc4oc5ccccc5c4c3)nc(-c3ccc(-c4cccc5oc6c(-c7ccccc7)cccc6c45)c4ccccc34)n2)cc1. The lowest BCUT2D eigenvalue weighted by Crippen LogP contribution is -2.00. The summed E-state index contributed by atoms with van der Waals surface area (Å²) in [4.78, 5) is 15.3. The highest BCUT2D eigenvalue weighted by Gasteiger charge is 2.20. The van der Waals surface area contributed by atoms with Crippen LogP contribution in [-0.4, -0.2) is 15.0 Å². The van der Waals surface area contributed by atoms with Crippen molar-refractivity contribution in [3.8, 4) is 56.4 Å². The summed E-state index contributed by atoms with van der Waals surface area (Å²) in [5.74, 6) is 1.83. The van der Waals surface area contributed by atoms with Crippen LogP contribution in [0.3, 0.4) is 0 Å². The van der Waals surface area contributed by atoms with Crippen molar-refractivity contribution in [2.24, 2.45) is 0 Å². The van der Waals surface area contributed by atoms with Crippen LogP contribution >= 0.6 is 0 Å². The number of aromatic nitrogens is 3. The molecule has 11 rings (SSSR count). The molecule has 0 unspecified atom stereocenters. The first-order valence-corrected chi connectivity index (χ1v) is 18.0. The van der Waals surface area contributed by atoms with Crippen molar-refractivity contribution >= 4 is 54.6 Å². The summed E-state index contributed by atoms with van der Waals surface area (Å²) in [7, 11) is 0. The molecular weight excluding hydrogens is 663 g/mol. The summed E-state index contributed by atoms with van der Waals surface area (Å²) >= 11 is 0. The van der Waals surface area contributed by atoms with Crippen molar-refractivity contribution in [2.45, 2.75) is 0 Å². The first-order chi connectivity index (χ1) is 26.8. The van der Waals surface area contributed by atoms with Crippen LogP contribution in [0.1, 0.15) is 0 Å². The molecule has 252 valence electrons. The van der Waals surface area contributed by atoms with Crippen LogP contribution < -0.4 is 0 Å². The molecule has 0 saturated heterocycles. The van der Waals surface area contributed by atoms with Crippen LogP contribution in [0.5, 0.6) is 0 Å². The molecular formula is C49H29N3O2. The third kappa shape index (κ3) is 4.83.